The van der Waals surface area contributed by atoms with Gasteiger partial charge in [0.15, 0.2) is 16.7 Å². The van der Waals surface area contributed by atoms with Gasteiger partial charge >= 0.3 is 0 Å². The molecule has 6 nitrogen and oxygen atoms in total. The third kappa shape index (κ3) is 4.99. The summed E-state index contributed by atoms with van der Waals surface area (Å²) in [6.07, 6.45) is 1.69. The molecule has 0 saturated heterocycles. The summed E-state index contributed by atoms with van der Waals surface area (Å²) in [4.78, 5) is 6.35. The normalized spacial score (nSPS) is 9.96. The van der Waals surface area contributed by atoms with E-state index in [0.717, 1.165) is 18.0 Å². The Morgan fingerprint density at radius 3 is 2.58 bits per heavy atom. The maximum atomic E-state index is 5.29. The van der Waals surface area contributed by atoms with Gasteiger partial charge in [0.05, 0.1) is 14.2 Å². The molecule has 0 aliphatic heterocycles. The van der Waals surface area contributed by atoms with Crippen LogP contribution in [-0.4, -0.2) is 44.5 Å². The number of nitrogens with zero attached hydrogens (tertiary/aromatic N) is 2. The summed E-state index contributed by atoms with van der Waals surface area (Å²) in [5, 5.41) is 6.71. The Kier molecular flexibility index (Phi) is 6.62. The number of anilines is 2. The van der Waals surface area contributed by atoms with Gasteiger partial charge in [-0.15, -0.1) is 0 Å². The Morgan fingerprint density at radius 1 is 1.17 bits per heavy atom. The largest absolute Gasteiger partial charge is 0.497 e. The fraction of sp³-hybridized carbons (Fsp3) is 0.294. The lowest BCUT2D eigenvalue weighted by Gasteiger charge is -2.20. The van der Waals surface area contributed by atoms with E-state index in [0.29, 0.717) is 23.2 Å². The van der Waals surface area contributed by atoms with Crippen molar-refractivity contribution in [2.75, 3.05) is 44.6 Å². The minimum absolute atomic E-state index is 0.509. The molecule has 0 amide bonds. The van der Waals surface area contributed by atoms with Gasteiger partial charge in [-0.2, -0.15) is 0 Å². The second-order valence-electron chi connectivity index (χ2n) is 5.05. The number of hydrogen-bond acceptors (Lipinski definition) is 5. The van der Waals surface area contributed by atoms with Crippen LogP contribution < -0.4 is 25.0 Å². The summed E-state index contributed by atoms with van der Waals surface area (Å²) >= 11 is 5.29. The molecule has 1 aromatic carbocycles. The molecule has 0 fully saturated rings. The summed E-state index contributed by atoms with van der Waals surface area (Å²) < 4.78 is 10.4. The number of hydrogen-bond donors (Lipinski definition) is 2. The first-order valence-electron chi connectivity index (χ1n) is 7.53. The lowest BCUT2D eigenvalue weighted by molar-refractivity contribution is 0.415. The van der Waals surface area contributed by atoms with Gasteiger partial charge in [-0.1, -0.05) is 0 Å². The summed E-state index contributed by atoms with van der Waals surface area (Å²) in [6.45, 7) is 1.50. The van der Waals surface area contributed by atoms with Crippen LogP contribution in [0.4, 0.5) is 11.5 Å². The van der Waals surface area contributed by atoms with Gasteiger partial charge in [-0.25, -0.2) is 4.98 Å². The van der Waals surface area contributed by atoms with E-state index in [2.05, 4.69) is 20.5 Å². The monoisotopic (exact) mass is 346 g/mol. The van der Waals surface area contributed by atoms with Gasteiger partial charge < -0.3 is 25.0 Å². The first-order valence-corrected chi connectivity index (χ1v) is 7.94. The van der Waals surface area contributed by atoms with Crippen molar-refractivity contribution in [1.29, 1.82) is 0 Å². The first kappa shape index (κ1) is 17.8. The minimum atomic E-state index is 0.509. The van der Waals surface area contributed by atoms with Crippen LogP contribution in [-0.2, 0) is 0 Å². The molecule has 7 heteroatoms. The van der Waals surface area contributed by atoms with E-state index >= 15 is 0 Å². The number of rotatable bonds is 7. The van der Waals surface area contributed by atoms with Crippen LogP contribution in [0.2, 0.25) is 0 Å². The molecule has 1 heterocycles. The quantitative estimate of drug-likeness (QED) is 0.747. The van der Waals surface area contributed by atoms with Crippen LogP contribution in [0.5, 0.6) is 11.5 Å². The standard InChI is InChI=1S/C17H22N4O2S/c1-21(13-6-8-14(22-2)9-7-13)12-11-19-17(24)20-16-15(23-3)5-4-10-18-16/h4-10H,11-12H2,1-3H3,(H2,18,19,20,24). The lowest BCUT2D eigenvalue weighted by Crippen LogP contribution is -2.35. The fourth-order valence-corrected chi connectivity index (χ4v) is 2.30. The van der Waals surface area contributed by atoms with E-state index in [1.54, 1.807) is 20.4 Å². The van der Waals surface area contributed by atoms with Crippen molar-refractivity contribution in [2.24, 2.45) is 0 Å². The number of aromatic nitrogens is 1. The van der Waals surface area contributed by atoms with Crippen LogP contribution in [0, 0.1) is 0 Å². The fourth-order valence-electron chi connectivity index (χ4n) is 2.10. The molecule has 0 aliphatic rings. The maximum absolute atomic E-state index is 5.29. The zero-order valence-corrected chi connectivity index (χ0v) is 14.9. The molecule has 0 aliphatic carbocycles. The third-order valence-electron chi connectivity index (χ3n) is 3.47. The summed E-state index contributed by atoms with van der Waals surface area (Å²) in [7, 11) is 5.29. The number of likely N-dealkylation sites (N-methyl/N-ethyl adjacent to an activating group) is 1. The van der Waals surface area contributed by atoms with Crippen molar-refractivity contribution in [3.05, 3.63) is 42.6 Å². The van der Waals surface area contributed by atoms with Gasteiger partial charge in [0.1, 0.15) is 5.75 Å². The van der Waals surface area contributed by atoms with E-state index in [9.17, 15) is 0 Å². The minimum Gasteiger partial charge on any atom is -0.497 e. The van der Waals surface area contributed by atoms with Gasteiger partial charge in [-0.05, 0) is 48.6 Å². The van der Waals surface area contributed by atoms with E-state index in [1.807, 2.05) is 43.4 Å². The average molecular weight is 346 g/mol. The zero-order chi connectivity index (χ0) is 17.4. The molecule has 2 aromatic rings. The van der Waals surface area contributed by atoms with Gasteiger partial charge in [-0.3, -0.25) is 0 Å². The molecule has 0 atom stereocenters. The Labute approximate surface area is 147 Å². The molecule has 128 valence electrons. The first-order chi connectivity index (χ1) is 11.6. The smallest absolute Gasteiger partial charge is 0.174 e. The maximum Gasteiger partial charge on any atom is 0.174 e. The van der Waals surface area contributed by atoms with E-state index in [4.69, 9.17) is 21.7 Å². The Hall–Kier alpha value is -2.54. The second-order valence-corrected chi connectivity index (χ2v) is 5.46. The second kappa shape index (κ2) is 8.93. The van der Waals surface area contributed by atoms with Crippen molar-refractivity contribution in [2.45, 2.75) is 0 Å². The van der Waals surface area contributed by atoms with Gasteiger partial charge in [0, 0.05) is 32.0 Å². The molecule has 2 N–H and O–H groups in total. The lowest BCUT2D eigenvalue weighted by atomic mass is 10.3. The summed E-state index contributed by atoms with van der Waals surface area (Å²) in [6, 6.07) is 11.6. The Balaban J connectivity index is 1.79. The van der Waals surface area contributed by atoms with E-state index < -0.39 is 0 Å². The topological polar surface area (TPSA) is 58.7 Å². The van der Waals surface area contributed by atoms with Crippen molar-refractivity contribution in [1.82, 2.24) is 10.3 Å². The molecule has 24 heavy (non-hydrogen) atoms. The summed E-state index contributed by atoms with van der Waals surface area (Å²) in [5.74, 6) is 2.10. The molecule has 0 unspecified atom stereocenters. The van der Waals surface area contributed by atoms with E-state index in [1.165, 1.54) is 0 Å². The molecular weight excluding hydrogens is 324 g/mol. The van der Waals surface area contributed by atoms with Crippen LogP contribution in [0.15, 0.2) is 42.6 Å². The zero-order valence-electron chi connectivity index (χ0n) is 14.1. The van der Waals surface area contributed by atoms with E-state index in [-0.39, 0.29) is 0 Å². The number of ether oxygens (including phenoxy) is 2. The third-order valence-corrected chi connectivity index (χ3v) is 3.71. The van der Waals surface area contributed by atoms with Crippen LogP contribution in [0.25, 0.3) is 0 Å². The molecule has 2 rings (SSSR count). The molecule has 0 bridgehead atoms. The van der Waals surface area contributed by atoms with Crippen LogP contribution in [0.1, 0.15) is 0 Å². The summed E-state index contributed by atoms with van der Waals surface area (Å²) in [5.41, 5.74) is 1.11. The number of methoxy groups -OCH3 is 2. The predicted octanol–water partition coefficient (Wildman–Crippen LogP) is 2.52. The Bertz CT molecular complexity index is 664. The SMILES string of the molecule is COc1ccc(N(C)CCNC(=S)Nc2ncccc2OC)cc1. The number of nitrogens with one attached hydrogen (secondary N) is 2. The van der Waals surface area contributed by atoms with Crippen molar-refractivity contribution < 1.29 is 9.47 Å². The number of pyridine rings is 1. The molecule has 0 saturated carbocycles. The highest BCUT2D eigenvalue weighted by Crippen LogP contribution is 2.20. The van der Waals surface area contributed by atoms with Crippen LogP contribution in [0.3, 0.4) is 0 Å². The molecule has 1 aromatic heterocycles. The highest BCUT2D eigenvalue weighted by molar-refractivity contribution is 7.80. The van der Waals surface area contributed by atoms with Crippen LogP contribution >= 0.6 is 12.2 Å². The molecule has 0 spiro atoms. The Morgan fingerprint density at radius 2 is 1.92 bits per heavy atom. The highest BCUT2D eigenvalue weighted by atomic mass is 32.1. The predicted molar refractivity (Wildman–Crippen MR) is 101 cm³/mol. The van der Waals surface area contributed by atoms with Crippen molar-refractivity contribution in [3.8, 4) is 11.5 Å². The molecule has 0 radical (unpaired) electrons. The molecular formula is C17H22N4O2S. The number of benzene rings is 1. The average Bonchev–Trinajstić information content (AvgIpc) is 2.62. The highest BCUT2D eigenvalue weighted by Gasteiger charge is 2.06. The van der Waals surface area contributed by atoms with Crippen molar-refractivity contribution in [3.63, 3.8) is 0 Å². The van der Waals surface area contributed by atoms with Crippen molar-refractivity contribution >= 4 is 28.8 Å². The van der Waals surface area contributed by atoms with Gasteiger partial charge in [0.25, 0.3) is 0 Å². The van der Waals surface area contributed by atoms with Gasteiger partial charge in [0.2, 0.25) is 0 Å². The number of thiocarbonyl (C=S) groups is 1.